The van der Waals surface area contributed by atoms with E-state index < -0.39 is 11.3 Å². The van der Waals surface area contributed by atoms with Crippen molar-refractivity contribution in [1.29, 1.82) is 0 Å². The lowest BCUT2D eigenvalue weighted by molar-refractivity contribution is -0.0209. The lowest BCUT2D eigenvalue weighted by Crippen LogP contribution is -2.40. The van der Waals surface area contributed by atoms with Gasteiger partial charge in [-0.1, -0.05) is 6.92 Å². The molecule has 0 aliphatic heterocycles. The zero-order chi connectivity index (χ0) is 16.1. The second-order valence-electron chi connectivity index (χ2n) is 6.66. The van der Waals surface area contributed by atoms with E-state index in [4.69, 9.17) is 0 Å². The third kappa shape index (κ3) is 2.29. The minimum atomic E-state index is -0.806. The summed E-state index contributed by atoms with van der Waals surface area (Å²) in [6, 6.07) is 0. The van der Waals surface area contributed by atoms with Crippen molar-refractivity contribution in [3.05, 3.63) is 27.2 Å². The molecule has 0 amide bonds. The Bertz CT molecular complexity index is 822. The van der Waals surface area contributed by atoms with Crippen LogP contribution in [-0.4, -0.2) is 29.4 Å². The summed E-state index contributed by atoms with van der Waals surface area (Å²) < 4.78 is 4.13. The second-order valence-corrected chi connectivity index (χ2v) is 6.66. The van der Waals surface area contributed by atoms with E-state index >= 15 is 0 Å². The molecular weight excluding hydrogens is 284 g/mol. The molecule has 2 aromatic heterocycles. The highest BCUT2D eigenvalue weighted by atomic mass is 16.3. The molecule has 1 N–H and O–H groups in total. The van der Waals surface area contributed by atoms with Crippen LogP contribution in [0.15, 0.2) is 15.9 Å². The van der Waals surface area contributed by atoms with Crippen LogP contribution in [0.2, 0.25) is 0 Å². The van der Waals surface area contributed by atoms with Crippen LogP contribution < -0.4 is 11.2 Å². The van der Waals surface area contributed by atoms with E-state index in [1.165, 1.54) is 11.6 Å². The first-order valence-electron chi connectivity index (χ1n) is 7.66. The molecule has 7 nitrogen and oxygen atoms in total. The van der Waals surface area contributed by atoms with Crippen LogP contribution in [0.4, 0.5) is 0 Å². The quantitative estimate of drug-likeness (QED) is 0.869. The molecule has 0 radical (unpaired) electrons. The summed E-state index contributed by atoms with van der Waals surface area (Å²) in [6.45, 7) is 2.53. The fourth-order valence-corrected chi connectivity index (χ4v) is 3.29. The van der Waals surface area contributed by atoms with Gasteiger partial charge >= 0.3 is 5.69 Å². The smallest absolute Gasteiger partial charge is 0.332 e. The largest absolute Gasteiger partial charge is 0.388 e. The SMILES string of the molecule is CC1CCC(O)(Cn2cnc3c2c(=O)n(C)c(=O)n3C)CC1. The molecule has 0 spiro atoms. The van der Waals surface area contributed by atoms with Gasteiger partial charge in [-0.15, -0.1) is 0 Å². The zero-order valence-electron chi connectivity index (χ0n) is 13.2. The van der Waals surface area contributed by atoms with Crippen molar-refractivity contribution in [2.75, 3.05) is 0 Å². The molecule has 0 bridgehead atoms. The molecule has 1 aliphatic carbocycles. The number of aliphatic hydroxyl groups is 1. The number of aryl methyl sites for hydroxylation is 1. The van der Waals surface area contributed by atoms with Crippen LogP contribution >= 0.6 is 0 Å². The van der Waals surface area contributed by atoms with E-state index in [0.29, 0.717) is 23.6 Å². The van der Waals surface area contributed by atoms with Gasteiger partial charge in [-0.2, -0.15) is 0 Å². The van der Waals surface area contributed by atoms with Gasteiger partial charge in [0.25, 0.3) is 5.56 Å². The van der Waals surface area contributed by atoms with Gasteiger partial charge in [0.1, 0.15) is 0 Å². The molecule has 22 heavy (non-hydrogen) atoms. The van der Waals surface area contributed by atoms with Gasteiger partial charge in [0.05, 0.1) is 18.5 Å². The van der Waals surface area contributed by atoms with E-state index in [-0.39, 0.29) is 5.56 Å². The van der Waals surface area contributed by atoms with Gasteiger partial charge in [-0.25, -0.2) is 9.78 Å². The molecule has 2 aromatic rings. The highest BCUT2D eigenvalue weighted by Gasteiger charge is 2.33. The third-order valence-electron chi connectivity index (χ3n) is 4.89. The van der Waals surface area contributed by atoms with E-state index in [1.54, 1.807) is 17.9 Å². The Hall–Kier alpha value is -1.89. The Morgan fingerprint density at radius 2 is 1.91 bits per heavy atom. The van der Waals surface area contributed by atoms with Gasteiger partial charge < -0.3 is 9.67 Å². The Kier molecular flexibility index (Phi) is 3.47. The van der Waals surface area contributed by atoms with Crippen molar-refractivity contribution in [3.63, 3.8) is 0 Å². The average molecular weight is 306 g/mol. The maximum atomic E-state index is 12.4. The van der Waals surface area contributed by atoms with Crippen molar-refractivity contribution in [1.82, 2.24) is 18.7 Å². The maximum absolute atomic E-state index is 12.4. The molecule has 2 heterocycles. The van der Waals surface area contributed by atoms with Gasteiger partial charge in [0.15, 0.2) is 11.2 Å². The third-order valence-corrected chi connectivity index (χ3v) is 4.89. The molecule has 1 fully saturated rings. The monoisotopic (exact) mass is 306 g/mol. The van der Waals surface area contributed by atoms with Crippen molar-refractivity contribution in [2.24, 2.45) is 20.0 Å². The van der Waals surface area contributed by atoms with Crippen molar-refractivity contribution >= 4 is 11.2 Å². The molecule has 7 heteroatoms. The standard InChI is InChI=1S/C15H22N4O3/c1-10-4-6-15(22,7-5-10)8-19-9-16-12-11(19)13(20)18(3)14(21)17(12)2/h9-10,22H,4-8H2,1-3H3. The molecule has 0 aromatic carbocycles. The molecule has 0 saturated heterocycles. The lowest BCUT2D eigenvalue weighted by Gasteiger charge is -2.35. The van der Waals surface area contributed by atoms with Crippen LogP contribution in [0.1, 0.15) is 32.6 Å². The van der Waals surface area contributed by atoms with Gasteiger partial charge in [0, 0.05) is 14.1 Å². The summed E-state index contributed by atoms with van der Waals surface area (Å²) in [6.07, 6.45) is 4.96. The number of nitrogens with zero attached hydrogens (tertiary/aromatic N) is 4. The topological polar surface area (TPSA) is 82.1 Å². The molecule has 0 atom stereocenters. The second kappa shape index (κ2) is 5.08. The van der Waals surface area contributed by atoms with Crippen molar-refractivity contribution in [2.45, 2.75) is 44.8 Å². The Morgan fingerprint density at radius 1 is 1.27 bits per heavy atom. The highest BCUT2D eigenvalue weighted by Crippen LogP contribution is 2.33. The van der Waals surface area contributed by atoms with E-state index in [1.807, 2.05) is 0 Å². The Morgan fingerprint density at radius 3 is 2.55 bits per heavy atom. The molecule has 120 valence electrons. The van der Waals surface area contributed by atoms with Gasteiger partial charge in [-0.3, -0.25) is 13.9 Å². The average Bonchev–Trinajstić information content (AvgIpc) is 2.90. The first-order valence-corrected chi connectivity index (χ1v) is 7.66. The molecular formula is C15H22N4O3. The van der Waals surface area contributed by atoms with Crippen molar-refractivity contribution < 1.29 is 5.11 Å². The lowest BCUT2D eigenvalue weighted by atomic mass is 9.79. The zero-order valence-corrected chi connectivity index (χ0v) is 13.2. The molecule has 3 rings (SSSR count). The van der Waals surface area contributed by atoms with E-state index in [2.05, 4.69) is 11.9 Å². The van der Waals surface area contributed by atoms with Crippen LogP contribution in [0, 0.1) is 5.92 Å². The van der Waals surface area contributed by atoms with E-state index in [0.717, 1.165) is 30.3 Å². The van der Waals surface area contributed by atoms with Crippen LogP contribution in [0.25, 0.3) is 11.2 Å². The Labute approximate surface area is 127 Å². The van der Waals surface area contributed by atoms with Gasteiger partial charge in [0.2, 0.25) is 0 Å². The summed E-state index contributed by atoms with van der Waals surface area (Å²) in [5.41, 5.74) is -0.839. The minimum absolute atomic E-state index is 0.337. The van der Waals surface area contributed by atoms with Crippen LogP contribution in [0.3, 0.4) is 0 Å². The molecule has 1 saturated carbocycles. The minimum Gasteiger partial charge on any atom is -0.388 e. The van der Waals surface area contributed by atoms with Crippen LogP contribution in [0.5, 0.6) is 0 Å². The van der Waals surface area contributed by atoms with Crippen LogP contribution in [-0.2, 0) is 20.6 Å². The summed E-state index contributed by atoms with van der Waals surface area (Å²) in [4.78, 5) is 28.5. The first kappa shape index (κ1) is 15.0. The molecule has 1 aliphatic rings. The van der Waals surface area contributed by atoms with E-state index in [9.17, 15) is 14.7 Å². The number of hydrogen-bond donors (Lipinski definition) is 1. The number of rotatable bonds is 2. The van der Waals surface area contributed by atoms with Crippen molar-refractivity contribution in [3.8, 4) is 0 Å². The number of aromatic nitrogens is 4. The predicted molar refractivity (Wildman–Crippen MR) is 82.8 cm³/mol. The number of fused-ring (bicyclic) bond motifs is 1. The fourth-order valence-electron chi connectivity index (χ4n) is 3.29. The maximum Gasteiger partial charge on any atom is 0.332 e. The number of imidazole rings is 1. The summed E-state index contributed by atoms with van der Waals surface area (Å²) in [7, 11) is 3.05. The number of hydrogen-bond acceptors (Lipinski definition) is 4. The summed E-state index contributed by atoms with van der Waals surface area (Å²) in [5, 5.41) is 10.8. The normalized spacial score (nSPS) is 25.7. The first-order chi connectivity index (χ1) is 10.3. The summed E-state index contributed by atoms with van der Waals surface area (Å²) in [5.74, 6) is 0.633. The predicted octanol–water partition coefficient (Wildman–Crippen LogP) is 0.375. The highest BCUT2D eigenvalue weighted by molar-refractivity contribution is 5.69. The molecule has 0 unspecified atom stereocenters. The fraction of sp³-hybridized carbons (Fsp3) is 0.667. The van der Waals surface area contributed by atoms with Gasteiger partial charge in [-0.05, 0) is 31.6 Å². The Balaban J connectivity index is 2.06. The summed E-state index contributed by atoms with van der Waals surface area (Å²) >= 11 is 0.